The number of nitrogens with zero attached hydrogens (tertiary/aromatic N) is 2. The number of aliphatic imine (C=N–C) groups is 1. The molecular weight excluding hydrogens is 334 g/mol. The van der Waals surface area contributed by atoms with Gasteiger partial charge in [0.25, 0.3) is 0 Å². The average molecular weight is 362 g/mol. The molecule has 1 aromatic carbocycles. The molecule has 0 spiro atoms. The standard InChI is InChI=1S/C20H28F2N4/c1-3-23-20(24-13-9-12(2)26(11-13)14-7-8-14)25-18-10-15(18)19-16(21)5-4-6-17(19)22/h4-6,12-15,18H,3,7-11H2,1-2H3,(H2,23,24,25). The number of hydrogen-bond acceptors (Lipinski definition) is 2. The fourth-order valence-electron chi connectivity index (χ4n) is 4.27. The van der Waals surface area contributed by atoms with Crippen molar-refractivity contribution < 1.29 is 8.78 Å². The lowest BCUT2D eigenvalue weighted by Crippen LogP contribution is -2.46. The monoisotopic (exact) mass is 362 g/mol. The molecule has 0 aromatic heterocycles. The second kappa shape index (κ2) is 7.14. The van der Waals surface area contributed by atoms with Gasteiger partial charge in [0.1, 0.15) is 11.6 Å². The van der Waals surface area contributed by atoms with Gasteiger partial charge in [0.15, 0.2) is 5.96 Å². The lowest BCUT2D eigenvalue weighted by molar-refractivity contribution is 0.256. The third kappa shape index (κ3) is 3.70. The summed E-state index contributed by atoms with van der Waals surface area (Å²) in [7, 11) is 0. The van der Waals surface area contributed by atoms with Gasteiger partial charge in [-0.2, -0.15) is 0 Å². The van der Waals surface area contributed by atoms with Crippen molar-refractivity contribution in [2.75, 3.05) is 13.1 Å². The van der Waals surface area contributed by atoms with Gasteiger partial charge >= 0.3 is 0 Å². The molecule has 3 fully saturated rings. The summed E-state index contributed by atoms with van der Waals surface area (Å²) in [6.07, 6.45) is 4.49. The third-order valence-electron chi connectivity index (χ3n) is 5.78. The van der Waals surface area contributed by atoms with Crippen LogP contribution in [0.3, 0.4) is 0 Å². The molecular formula is C20H28F2N4. The Labute approximate surface area is 154 Å². The van der Waals surface area contributed by atoms with Gasteiger partial charge in [0.05, 0.1) is 0 Å². The van der Waals surface area contributed by atoms with E-state index in [4.69, 9.17) is 0 Å². The van der Waals surface area contributed by atoms with Gasteiger partial charge in [-0.05, 0) is 51.7 Å². The first-order valence-electron chi connectivity index (χ1n) is 9.84. The summed E-state index contributed by atoms with van der Waals surface area (Å²) in [5.41, 5.74) is 0.204. The summed E-state index contributed by atoms with van der Waals surface area (Å²) < 4.78 is 28.0. The fraction of sp³-hybridized carbons (Fsp3) is 0.650. The lowest BCUT2D eigenvalue weighted by Gasteiger charge is -2.20. The maximum absolute atomic E-state index is 14.0. The van der Waals surface area contributed by atoms with Gasteiger partial charge < -0.3 is 10.6 Å². The van der Waals surface area contributed by atoms with Gasteiger partial charge in [-0.3, -0.25) is 9.89 Å². The van der Waals surface area contributed by atoms with Crippen molar-refractivity contribution in [1.82, 2.24) is 15.5 Å². The number of hydrogen-bond donors (Lipinski definition) is 2. The van der Waals surface area contributed by atoms with Crippen molar-refractivity contribution in [3.63, 3.8) is 0 Å². The SMILES string of the molecule is CCN=C(NC1CC(C)N(C2CC2)C1)NC1CC1c1c(F)cccc1F. The zero-order valence-corrected chi connectivity index (χ0v) is 15.5. The maximum Gasteiger partial charge on any atom is 0.191 e. The quantitative estimate of drug-likeness (QED) is 0.625. The van der Waals surface area contributed by atoms with Crippen LogP contribution in [0, 0.1) is 11.6 Å². The molecule has 1 saturated heterocycles. The lowest BCUT2D eigenvalue weighted by atomic mass is 10.1. The zero-order valence-electron chi connectivity index (χ0n) is 15.5. The van der Waals surface area contributed by atoms with Crippen molar-refractivity contribution in [2.45, 2.75) is 69.6 Å². The Morgan fingerprint density at radius 1 is 1.19 bits per heavy atom. The molecule has 1 aromatic rings. The second-order valence-electron chi connectivity index (χ2n) is 7.91. The summed E-state index contributed by atoms with van der Waals surface area (Å²) in [6, 6.07) is 5.87. The number of guanidine groups is 1. The summed E-state index contributed by atoms with van der Waals surface area (Å²) in [5, 5.41) is 6.93. The third-order valence-corrected chi connectivity index (χ3v) is 5.78. The molecule has 142 valence electrons. The first kappa shape index (κ1) is 17.7. The highest BCUT2D eigenvalue weighted by Gasteiger charge is 2.43. The smallest absolute Gasteiger partial charge is 0.191 e. The van der Waals surface area contributed by atoms with Gasteiger partial charge in [-0.15, -0.1) is 0 Å². The Kier molecular flexibility index (Phi) is 4.86. The van der Waals surface area contributed by atoms with Crippen molar-refractivity contribution in [3.05, 3.63) is 35.4 Å². The van der Waals surface area contributed by atoms with Crippen LogP contribution in [-0.2, 0) is 0 Å². The zero-order chi connectivity index (χ0) is 18.3. The molecule has 2 saturated carbocycles. The molecule has 4 nitrogen and oxygen atoms in total. The van der Waals surface area contributed by atoms with Crippen LogP contribution < -0.4 is 10.6 Å². The predicted octanol–water partition coefficient (Wildman–Crippen LogP) is 3.00. The first-order chi connectivity index (χ1) is 12.6. The highest BCUT2D eigenvalue weighted by Crippen LogP contribution is 2.43. The molecule has 2 N–H and O–H groups in total. The number of benzene rings is 1. The van der Waals surface area contributed by atoms with E-state index in [1.54, 1.807) is 0 Å². The van der Waals surface area contributed by atoms with Crippen LogP contribution in [0.1, 0.15) is 51.0 Å². The van der Waals surface area contributed by atoms with Crippen LogP contribution in [0.4, 0.5) is 8.78 Å². The van der Waals surface area contributed by atoms with Crippen molar-refractivity contribution in [1.29, 1.82) is 0 Å². The van der Waals surface area contributed by atoms with E-state index in [0.29, 0.717) is 18.6 Å². The normalized spacial score (nSPS) is 31.9. The van der Waals surface area contributed by atoms with Gasteiger partial charge in [-0.1, -0.05) is 6.07 Å². The minimum absolute atomic E-state index is 0.0394. The van der Waals surface area contributed by atoms with E-state index in [-0.39, 0.29) is 17.5 Å². The fourth-order valence-corrected chi connectivity index (χ4v) is 4.27. The van der Waals surface area contributed by atoms with E-state index < -0.39 is 11.6 Å². The summed E-state index contributed by atoms with van der Waals surface area (Å²) in [6.45, 7) is 6.02. The highest BCUT2D eigenvalue weighted by molar-refractivity contribution is 5.81. The molecule has 26 heavy (non-hydrogen) atoms. The van der Waals surface area contributed by atoms with Gasteiger partial charge in [0, 0.05) is 48.7 Å². The van der Waals surface area contributed by atoms with Crippen molar-refractivity contribution in [2.24, 2.45) is 4.99 Å². The van der Waals surface area contributed by atoms with E-state index in [9.17, 15) is 8.78 Å². The van der Waals surface area contributed by atoms with E-state index in [1.807, 2.05) is 6.92 Å². The number of rotatable bonds is 5. The highest BCUT2D eigenvalue weighted by atomic mass is 19.1. The molecule has 1 aliphatic heterocycles. The maximum atomic E-state index is 14.0. The van der Waals surface area contributed by atoms with E-state index in [1.165, 1.54) is 31.0 Å². The minimum Gasteiger partial charge on any atom is -0.353 e. The molecule has 1 heterocycles. The molecule has 2 aliphatic carbocycles. The van der Waals surface area contributed by atoms with Crippen LogP contribution in [0.15, 0.2) is 23.2 Å². The molecule has 6 heteroatoms. The Morgan fingerprint density at radius 3 is 2.58 bits per heavy atom. The molecule has 0 bridgehead atoms. The van der Waals surface area contributed by atoms with Gasteiger partial charge in [-0.25, -0.2) is 8.78 Å². The number of halogens is 2. The second-order valence-corrected chi connectivity index (χ2v) is 7.91. The Morgan fingerprint density at radius 2 is 1.92 bits per heavy atom. The summed E-state index contributed by atoms with van der Waals surface area (Å²) >= 11 is 0. The van der Waals surface area contributed by atoms with E-state index >= 15 is 0 Å². The van der Waals surface area contributed by atoms with Crippen molar-refractivity contribution in [3.8, 4) is 0 Å². The molecule has 4 atom stereocenters. The Bertz CT molecular complexity index is 668. The van der Waals surface area contributed by atoms with E-state index in [2.05, 4.69) is 27.4 Å². The topological polar surface area (TPSA) is 39.7 Å². The molecule has 3 aliphatic rings. The van der Waals surface area contributed by atoms with Crippen molar-refractivity contribution >= 4 is 5.96 Å². The van der Waals surface area contributed by atoms with Gasteiger partial charge in [0.2, 0.25) is 0 Å². The predicted molar refractivity (Wildman–Crippen MR) is 99.3 cm³/mol. The first-order valence-corrected chi connectivity index (χ1v) is 9.84. The molecule has 4 unspecified atom stereocenters. The number of nitrogens with one attached hydrogen (secondary N) is 2. The molecule has 0 amide bonds. The average Bonchev–Trinajstić information content (AvgIpc) is 3.49. The minimum atomic E-state index is -0.453. The Hall–Kier alpha value is -1.69. The van der Waals surface area contributed by atoms with Crippen LogP contribution in [0.2, 0.25) is 0 Å². The van der Waals surface area contributed by atoms with Crippen LogP contribution in [-0.4, -0.2) is 48.1 Å². The Balaban J connectivity index is 1.36. The van der Waals surface area contributed by atoms with E-state index in [0.717, 1.165) is 31.4 Å². The van der Waals surface area contributed by atoms with Crippen LogP contribution in [0.5, 0.6) is 0 Å². The number of likely N-dealkylation sites (tertiary alicyclic amines) is 1. The molecule has 4 rings (SSSR count). The largest absolute Gasteiger partial charge is 0.353 e. The molecule has 0 radical (unpaired) electrons. The summed E-state index contributed by atoms with van der Waals surface area (Å²) in [4.78, 5) is 7.13. The van der Waals surface area contributed by atoms with Crippen LogP contribution in [0.25, 0.3) is 0 Å². The van der Waals surface area contributed by atoms with Crippen LogP contribution >= 0.6 is 0 Å². The summed E-state index contributed by atoms with van der Waals surface area (Å²) in [5.74, 6) is -0.256.